The fraction of sp³-hybridized carbons (Fsp3) is 0.812. The van der Waals surface area contributed by atoms with Crippen molar-refractivity contribution in [3.63, 3.8) is 0 Å². The van der Waals surface area contributed by atoms with E-state index in [9.17, 15) is 0 Å². The summed E-state index contributed by atoms with van der Waals surface area (Å²) in [5.41, 5.74) is 1.51. The molecule has 0 N–H and O–H groups in total. The van der Waals surface area contributed by atoms with Crippen molar-refractivity contribution in [3.8, 4) is 0 Å². The highest BCUT2D eigenvalue weighted by atomic mass is 127. The molecule has 1 saturated carbocycles. The van der Waals surface area contributed by atoms with Crippen LogP contribution in [0.4, 0.5) is 0 Å². The maximum Gasteiger partial charge on any atom is 0.123 e. The number of hydrogen-bond acceptors (Lipinski definition) is 3. The third kappa shape index (κ3) is 2.88. The van der Waals surface area contributed by atoms with E-state index in [2.05, 4.69) is 38.2 Å². The Hall–Kier alpha value is -0.140. The van der Waals surface area contributed by atoms with Gasteiger partial charge in [-0.2, -0.15) is 5.10 Å². The quantitative estimate of drug-likeness (QED) is 0.729. The van der Waals surface area contributed by atoms with Crippen molar-refractivity contribution in [2.24, 2.45) is 0 Å². The van der Waals surface area contributed by atoms with Gasteiger partial charge in [0.2, 0.25) is 0 Å². The highest BCUT2D eigenvalue weighted by molar-refractivity contribution is 14.1. The Kier molecular flexibility index (Phi) is 4.24. The van der Waals surface area contributed by atoms with Crippen LogP contribution in [0.1, 0.15) is 56.2 Å². The van der Waals surface area contributed by atoms with Crippen LogP contribution < -0.4 is 0 Å². The van der Waals surface area contributed by atoms with Gasteiger partial charge in [-0.1, -0.05) is 12.8 Å². The van der Waals surface area contributed by atoms with Crippen molar-refractivity contribution in [1.29, 1.82) is 0 Å². The predicted octanol–water partition coefficient (Wildman–Crippen LogP) is 3.18. The lowest BCUT2D eigenvalue weighted by Gasteiger charge is -2.41. The Morgan fingerprint density at radius 3 is 2.38 bits per heavy atom. The first-order valence-corrected chi connectivity index (χ1v) is 9.46. The van der Waals surface area contributed by atoms with Gasteiger partial charge in [-0.25, -0.2) is 0 Å². The molecular formula is C16H24IN3O. The Labute approximate surface area is 140 Å². The number of hydrogen-bond donors (Lipinski definition) is 0. The largest absolute Gasteiger partial charge is 0.378 e. The van der Waals surface area contributed by atoms with Gasteiger partial charge in [0.25, 0.3) is 0 Å². The van der Waals surface area contributed by atoms with Crippen LogP contribution in [0, 0.1) is 3.70 Å². The molecule has 2 aliphatic heterocycles. The first kappa shape index (κ1) is 14.5. The van der Waals surface area contributed by atoms with E-state index >= 15 is 0 Å². The zero-order chi connectivity index (χ0) is 14.2. The summed E-state index contributed by atoms with van der Waals surface area (Å²) in [5, 5.41) is 4.82. The normalized spacial score (nSPS) is 26.3. The van der Waals surface area contributed by atoms with Crippen molar-refractivity contribution in [1.82, 2.24) is 14.7 Å². The first-order valence-electron chi connectivity index (χ1n) is 8.38. The molecule has 0 radical (unpaired) electrons. The average molecular weight is 401 g/mol. The van der Waals surface area contributed by atoms with E-state index in [-0.39, 0.29) is 0 Å². The second-order valence-corrected chi connectivity index (χ2v) is 7.88. The van der Waals surface area contributed by atoms with Gasteiger partial charge in [0.1, 0.15) is 3.70 Å². The molecule has 0 aromatic carbocycles. The molecule has 3 aliphatic rings. The first-order chi connectivity index (χ1) is 10.3. The summed E-state index contributed by atoms with van der Waals surface area (Å²) in [5.74, 6) is 0.707. The summed E-state index contributed by atoms with van der Waals surface area (Å²) < 4.78 is 8.89. The van der Waals surface area contributed by atoms with Gasteiger partial charge in [0.15, 0.2) is 0 Å². The van der Waals surface area contributed by atoms with E-state index in [1.807, 2.05) is 0 Å². The van der Waals surface area contributed by atoms with E-state index in [1.165, 1.54) is 61.0 Å². The number of likely N-dealkylation sites (tertiary alicyclic amines) is 1. The minimum Gasteiger partial charge on any atom is -0.378 e. The topological polar surface area (TPSA) is 30.3 Å². The third-order valence-electron chi connectivity index (χ3n) is 5.49. The molecule has 4 nitrogen and oxygen atoms in total. The molecular weight excluding hydrogens is 377 g/mol. The lowest BCUT2D eigenvalue weighted by atomic mass is 9.92. The highest BCUT2D eigenvalue weighted by Gasteiger charge is 2.32. The lowest BCUT2D eigenvalue weighted by Crippen LogP contribution is -2.51. The molecule has 3 heterocycles. The van der Waals surface area contributed by atoms with E-state index in [1.54, 1.807) is 0 Å². The Morgan fingerprint density at radius 2 is 1.76 bits per heavy atom. The van der Waals surface area contributed by atoms with Crippen LogP contribution in [0.2, 0.25) is 0 Å². The van der Waals surface area contributed by atoms with Crippen molar-refractivity contribution in [3.05, 3.63) is 15.5 Å². The van der Waals surface area contributed by atoms with Crippen molar-refractivity contribution in [2.45, 2.75) is 56.5 Å². The monoisotopic (exact) mass is 401 g/mol. The van der Waals surface area contributed by atoms with E-state index in [0.29, 0.717) is 18.0 Å². The average Bonchev–Trinajstić information content (AvgIpc) is 3.06. The minimum absolute atomic E-state index is 0.668. The number of nitrogens with zero attached hydrogens (tertiary/aromatic N) is 3. The fourth-order valence-corrected chi connectivity index (χ4v) is 4.67. The molecule has 5 heteroatoms. The standard InChI is InChI=1S/C16H24IN3O/c17-16-9-15(20(18-16)13-3-1-2-4-13)12-5-7-19(8-6-12)14-10-21-11-14/h9,12-14H,1-8,10-11H2. The van der Waals surface area contributed by atoms with Crippen LogP contribution in [-0.2, 0) is 4.74 Å². The van der Waals surface area contributed by atoms with Crippen LogP contribution in [0.15, 0.2) is 6.07 Å². The second-order valence-electron chi connectivity index (χ2n) is 6.78. The van der Waals surface area contributed by atoms with Gasteiger partial charge in [0, 0.05) is 11.6 Å². The maximum atomic E-state index is 5.33. The van der Waals surface area contributed by atoms with Crippen LogP contribution in [0.25, 0.3) is 0 Å². The molecule has 0 spiro atoms. The van der Waals surface area contributed by atoms with Gasteiger partial charge in [-0.05, 0) is 67.4 Å². The number of piperidine rings is 1. The number of rotatable bonds is 3. The second kappa shape index (κ2) is 6.16. The molecule has 2 saturated heterocycles. The van der Waals surface area contributed by atoms with Crippen molar-refractivity contribution >= 4 is 22.6 Å². The number of halogens is 1. The summed E-state index contributed by atoms with van der Waals surface area (Å²) in [7, 11) is 0. The van der Waals surface area contributed by atoms with Gasteiger partial charge in [0.05, 0.1) is 25.3 Å². The van der Waals surface area contributed by atoms with E-state index in [4.69, 9.17) is 9.84 Å². The van der Waals surface area contributed by atoms with Crippen molar-refractivity contribution in [2.75, 3.05) is 26.3 Å². The molecule has 1 aliphatic carbocycles. The molecule has 0 atom stereocenters. The summed E-state index contributed by atoms with van der Waals surface area (Å²) in [6.45, 7) is 4.35. The summed E-state index contributed by atoms with van der Waals surface area (Å²) in [4.78, 5) is 2.63. The van der Waals surface area contributed by atoms with Crippen LogP contribution in [0.5, 0.6) is 0 Å². The smallest absolute Gasteiger partial charge is 0.123 e. The molecule has 21 heavy (non-hydrogen) atoms. The molecule has 0 unspecified atom stereocenters. The summed E-state index contributed by atoms with van der Waals surface area (Å²) in [6.07, 6.45) is 7.96. The Morgan fingerprint density at radius 1 is 1.05 bits per heavy atom. The highest BCUT2D eigenvalue weighted by Crippen LogP contribution is 2.36. The molecule has 3 fully saturated rings. The number of aromatic nitrogens is 2. The van der Waals surface area contributed by atoms with Gasteiger partial charge in [-0.3, -0.25) is 9.58 Å². The third-order valence-corrected chi connectivity index (χ3v) is 6.02. The molecule has 0 amide bonds. The van der Waals surface area contributed by atoms with E-state index in [0.717, 1.165) is 13.2 Å². The Balaban J connectivity index is 1.46. The molecule has 0 bridgehead atoms. The van der Waals surface area contributed by atoms with Crippen LogP contribution >= 0.6 is 22.6 Å². The lowest BCUT2D eigenvalue weighted by molar-refractivity contribution is -0.0714. The molecule has 4 rings (SSSR count). The van der Waals surface area contributed by atoms with Gasteiger partial charge in [-0.15, -0.1) is 0 Å². The van der Waals surface area contributed by atoms with Gasteiger partial charge >= 0.3 is 0 Å². The molecule has 1 aromatic rings. The summed E-state index contributed by atoms with van der Waals surface area (Å²) >= 11 is 2.38. The Bertz CT molecular complexity index is 486. The predicted molar refractivity (Wildman–Crippen MR) is 90.6 cm³/mol. The summed E-state index contributed by atoms with van der Waals surface area (Å²) in [6, 6.07) is 3.71. The zero-order valence-corrected chi connectivity index (χ0v) is 14.7. The molecule has 116 valence electrons. The maximum absolute atomic E-state index is 5.33. The zero-order valence-electron chi connectivity index (χ0n) is 12.5. The SMILES string of the molecule is Ic1cc(C2CCN(C3COC3)CC2)n(C2CCCC2)n1. The van der Waals surface area contributed by atoms with E-state index < -0.39 is 0 Å². The van der Waals surface area contributed by atoms with Crippen LogP contribution in [0.3, 0.4) is 0 Å². The van der Waals surface area contributed by atoms with Gasteiger partial charge < -0.3 is 4.74 Å². The molecule has 1 aromatic heterocycles. The fourth-order valence-electron chi connectivity index (χ4n) is 4.12. The minimum atomic E-state index is 0.668. The van der Waals surface area contributed by atoms with Crippen LogP contribution in [-0.4, -0.2) is 47.0 Å². The van der Waals surface area contributed by atoms with Crippen molar-refractivity contribution < 1.29 is 4.74 Å². The number of ether oxygens (including phenoxy) is 1.